The van der Waals surface area contributed by atoms with E-state index in [9.17, 15) is 9.59 Å². The standard InChI is InChI=1S/C12H10ClN3O3S/c1-19-11(18)7-3-2-6(13)4-8(7)15-10(17)9-5-20-12(14)16-9/h2-5H,1H3,(H2,14,16)(H,15,17). The number of nitrogens with zero attached hydrogens (tertiary/aromatic N) is 1. The van der Waals surface area contributed by atoms with Crippen LogP contribution in [0.5, 0.6) is 0 Å². The Morgan fingerprint density at radius 3 is 2.80 bits per heavy atom. The molecule has 1 amide bonds. The highest BCUT2D eigenvalue weighted by Crippen LogP contribution is 2.23. The smallest absolute Gasteiger partial charge is 0.339 e. The number of hydrogen-bond donors (Lipinski definition) is 2. The number of ether oxygens (including phenoxy) is 1. The van der Waals surface area contributed by atoms with Crippen LogP contribution in [-0.2, 0) is 4.74 Å². The SMILES string of the molecule is COC(=O)c1ccc(Cl)cc1NC(=O)c1csc(N)n1. The summed E-state index contributed by atoms with van der Waals surface area (Å²) < 4.78 is 4.64. The molecule has 0 aliphatic heterocycles. The van der Waals surface area contributed by atoms with Gasteiger partial charge in [-0.15, -0.1) is 11.3 Å². The van der Waals surface area contributed by atoms with E-state index in [-0.39, 0.29) is 22.1 Å². The Morgan fingerprint density at radius 2 is 2.20 bits per heavy atom. The second-order valence-corrected chi connectivity index (χ2v) is 5.03. The summed E-state index contributed by atoms with van der Waals surface area (Å²) in [5.74, 6) is -1.06. The summed E-state index contributed by atoms with van der Waals surface area (Å²) in [5.41, 5.74) is 6.09. The summed E-state index contributed by atoms with van der Waals surface area (Å²) >= 11 is 7.01. The molecule has 0 aliphatic carbocycles. The molecule has 0 spiro atoms. The second kappa shape index (κ2) is 5.89. The molecule has 20 heavy (non-hydrogen) atoms. The Morgan fingerprint density at radius 1 is 1.45 bits per heavy atom. The molecule has 3 N–H and O–H groups in total. The topological polar surface area (TPSA) is 94.3 Å². The average Bonchev–Trinajstić information content (AvgIpc) is 2.85. The lowest BCUT2D eigenvalue weighted by Crippen LogP contribution is -2.15. The third-order valence-corrected chi connectivity index (χ3v) is 3.30. The maximum absolute atomic E-state index is 12.0. The molecule has 0 radical (unpaired) electrons. The fourth-order valence-electron chi connectivity index (χ4n) is 1.49. The monoisotopic (exact) mass is 311 g/mol. The van der Waals surface area contributed by atoms with E-state index in [1.165, 1.54) is 30.7 Å². The number of nitrogen functional groups attached to an aromatic ring is 1. The first-order valence-electron chi connectivity index (χ1n) is 5.41. The van der Waals surface area contributed by atoms with Crippen LogP contribution in [0.1, 0.15) is 20.8 Å². The zero-order chi connectivity index (χ0) is 14.7. The normalized spacial score (nSPS) is 10.1. The van der Waals surface area contributed by atoms with Gasteiger partial charge in [0.25, 0.3) is 5.91 Å². The molecule has 0 fully saturated rings. The van der Waals surface area contributed by atoms with E-state index in [1.54, 1.807) is 0 Å². The van der Waals surface area contributed by atoms with E-state index in [4.69, 9.17) is 17.3 Å². The maximum Gasteiger partial charge on any atom is 0.339 e. The van der Waals surface area contributed by atoms with Crippen molar-refractivity contribution in [2.45, 2.75) is 0 Å². The van der Waals surface area contributed by atoms with Gasteiger partial charge in [-0.2, -0.15) is 0 Å². The van der Waals surface area contributed by atoms with Crippen LogP contribution in [0, 0.1) is 0 Å². The number of nitrogens with two attached hydrogens (primary N) is 1. The van der Waals surface area contributed by atoms with Crippen LogP contribution >= 0.6 is 22.9 Å². The fourth-order valence-corrected chi connectivity index (χ4v) is 2.20. The average molecular weight is 312 g/mol. The number of hydrogen-bond acceptors (Lipinski definition) is 6. The summed E-state index contributed by atoms with van der Waals surface area (Å²) in [5, 5.41) is 4.75. The highest BCUT2D eigenvalue weighted by atomic mass is 35.5. The molecule has 0 bridgehead atoms. The van der Waals surface area contributed by atoms with Gasteiger partial charge in [0.05, 0.1) is 18.4 Å². The van der Waals surface area contributed by atoms with Crippen LogP contribution < -0.4 is 11.1 Å². The zero-order valence-corrected chi connectivity index (χ0v) is 11.9. The molecule has 2 rings (SSSR count). The van der Waals surface area contributed by atoms with Gasteiger partial charge in [0.1, 0.15) is 5.69 Å². The molecule has 1 heterocycles. The van der Waals surface area contributed by atoms with Crippen LogP contribution in [0.15, 0.2) is 23.6 Å². The van der Waals surface area contributed by atoms with Crippen LogP contribution in [0.3, 0.4) is 0 Å². The van der Waals surface area contributed by atoms with Crippen molar-refractivity contribution in [1.82, 2.24) is 4.98 Å². The lowest BCUT2D eigenvalue weighted by atomic mass is 10.1. The third-order valence-electron chi connectivity index (χ3n) is 2.39. The lowest BCUT2D eigenvalue weighted by Gasteiger charge is -2.09. The van der Waals surface area contributed by atoms with E-state index >= 15 is 0 Å². The minimum absolute atomic E-state index is 0.170. The van der Waals surface area contributed by atoms with Gasteiger partial charge in [0, 0.05) is 10.4 Å². The number of anilines is 2. The number of benzene rings is 1. The third kappa shape index (κ3) is 3.06. The summed E-state index contributed by atoms with van der Waals surface area (Å²) in [7, 11) is 1.25. The van der Waals surface area contributed by atoms with Gasteiger partial charge in [-0.25, -0.2) is 9.78 Å². The molecule has 6 nitrogen and oxygen atoms in total. The Hall–Kier alpha value is -2.12. The summed E-state index contributed by atoms with van der Waals surface area (Å²) in [6.45, 7) is 0. The van der Waals surface area contributed by atoms with Gasteiger partial charge in [0.15, 0.2) is 5.13 Å². The second-order valence-electron chi connectivity index (χ2n) is 3.71. The van der Waals surface area contributed by atoms with Crippen molar-refractivity contribution in [1.29, 1.82) is 0 Å². The summed E-state index contributed by atoms with van der Waals surface area (Å²) in [6.07, 6.45) is 0. The van der Waals surface area contributed by atoms with Crippen molar-refractivity contribution in [2.75, 3.05) is 18.2 Å². The van der Waals surface area contributed by atoms with E-state index in [0.717, 1.165) is 11.3 Å². The Balaban J connectivity index is 2.30. The molecule has 0 atom stereocenters. The largest absolute Gasteiger partial charge is 0.465 e. The fraction of sp³-hybridized carbons (Fsp3) is 0.0833. The maximum atomic E-state index is 12.0. The molecular weight excluding hydrogens is 302 g/mol. The number of amides is 1. The molecule has 0 saturated carbocycles. The zero-order valence-electron chi connectivity index (χ0n) is 10.3. The Kier molecular flexibility index (Phi) is 4.21. The molecule has 0 unspecified atom stereocenters. The molecule has 8 heteroatoms. The number of carbonyl (C=O) groups excluding carboxylic acids is 2. The number of thiazole rings is 1. The Bertz CT molecular complexity index is 672. The molecule has 104 valence electrons. The number of halogens is 1. The lowest BCUT2D eigenvalue weighted by molar-refractivity contribution is 0.0602. The van der Waals surface area contributed by atoms with Crippen molar-refractivity contribution in [3.05, 3.63) is 39.9 Å². The molecule has 1 aromatic heterocycles. The van der Waals surface area contributed by atoms with Gasteiger partial charge < -0.3 is 15.8 Å². The van der Waals surface area contributed by atoms with Crippen LogP contribution in [-0.4, -0.2) is 24.0 Å². The molecular formula is C12H10ClN3O3S. The van der Waals surface area contributed by atoms with E-state index < -0.39 is 11.9 Å². The number of rotatable bonds is 3. The van der Waals surface area contributed by atoms with E-state index in [1.807, 2.05) is 0 Å². The molecule has 0 aliphatic rings. The first-order valence-corrected chi connectivity index (χ1v) is 6.67. The van der Waals surface area contributed by atoms with Gasteiger partial charge >= 0.3 is 5.97 Å². The van der Waals surface area contributed by atoms with Crippen molar-refractivity contribution in [3.8, 4) is 0 Å². The van der Waals surface area contributed by atoms with Crippen molar-refractivity contribution in [2.24, 2.45) is 0 Å². The number of aromatic nitrogens is 1. The predicted molar refractivity (Wildman–Crippen MR) is 77.3 cm³/mol. The van der Waals surface area contributed by atoms with Gasteiger partial charge in [-0.05, 0) is 18.2 Å². The molecule has 1 aromatic carbocycles. The van der Waals surface area contributed by atoms with Gasteiger partial charge in [0.2, 0.25) is 0 Å². The molecule has 2 aromatic rings. The van der Waals surface area contributed by atoms with Gasteiger partial charge in [-0.3, -0.25) is 4.79 Å². The number of esters is 1. The van der Waals surface area contributed by atoms with Crippen LogP contribution in [0.25, 0.3) is 0 Å². The summed E-state index contributed by atoms with van der Waals surface area (Å²) in [6, 6.07) is 4.46. The van der Waals surface area contributed by atoms with Crippen LogP contribution in [0.4, 0.5) is 10.8 Å². The first kappa shape index (κ1) is 14.3. The van der Waals surface area contributed by atoms with Crippen LogP contribution in [0.2, 0.25) is 5.02 Å². The van der Waals surface area contributed by atoms with E-state index in [0.29, 0.717) is 5.02 Å². The van der Waals surface area contributed by atoms with Crippen molar-refractivity contribution < 1.29 is 14.3 Å². The predicted octanol–water partition coefficient (Wildman–Crippen LogP) is 2.42. The first-order chi connectivity index (χ1) is 9.51. The Labute approximate surface area is 123 Å². The van der Waals surface area contributed by atoms with E-state index in [2.05, 4.69) is 15.0 Å². The quantitative estimate of drug-likeness (QED) is 0.849. The van der Waals surface area contributed by atoms with Crippen molar-refractivity contribution >= 4 is 45.6 Å². The minimum atomic E-state index is -0.574. The summed E-state index contributed by atoms with van der Waals surface area (Å²) in [4.78, 5) is 27.5. The number of nitrogens with one attached hydrogen (secondary N) is 1. The highest BCUT2D eigenvalue weighted by Gasteiger charge is 2.16. The van der Waals surface area contributed by atoms with Gasteiger partial charge in [-0.1, -0.05) is 11.6 Å². The molecule has 0 saturated heterocycles. The van der Waals surface area contributed by atoms with Crippen molar-refractivity contribution in [3.63, 3.8) is 0 Å². The highest BCUT2D eigenvalue weighted by molar-refractivity contribution is 7.13. The number of methoxy groups -OCH3 is 1. The number of carbonyl (C=O) groups is 2. The minimum Gasteiger partial charge on any atom is -0.465 e.